The number of amides is 3. The minimum Gasteiger partial charge on any atom is -0.457 e. The maximum absolute atomic E-state index is 12.6. The number of carbonyl (C=O) groups excluding carboxylic acids is 4. The molecule has 1 saturated heterocycles. The Balaban J connectivity index is 1.25. The first-order valence-electron chi connectivity index (χ1n) is 12.6. The van der Waals surface area contributed by atoms with Crippen LogP contribution in [0.2, 0.25) is 0 Å². The van der Waals surface area contributed by atoms with E-state index in [2.05, 4.69) is 31.6 Å². The van der Waals surface area contributed by atoms with Crippen LogP contribution >= 0.6 is 0 Å². The van der Waals surface area contributed by atoms with Crippen molar-refractivity contribution in [2.75, 3.05) is 18.1 Å². The Kier molecular flexibility index (Phi) is 8.29. The zero-order valence-corrected chi connectivity index (χ0v) is 22.1. The van der Waals surface area contributed by atoms with E-state index < -0.39 is 30.3 Å². The highest BCUT2D eigenvalue weighted by molar-refractivity contribution is 6.00. The topological polar surface area (TPSA) is 114 Å². The van der Waals surface area contributed by atoms with Gasteiger partial charge in [0.15, 0.2) is 6.61 Å². The highest BCUT2D eigenvalue weighted by atomic mass is 16.5. The molecular weight excluding hydrogens is 498 g/mol. The number of nitrogens with zero attached hydrogens (tertiary/aromatic N) is 1. The van der Waals surface area contributed by atoms with E-state index in [1.165, 1.54) is 10.5 Å². The largest absolute Gasteiger partial charge is 0.457 e. The third kappa shape index (κ3) is 7.22. The lowest BCUT2D eigenvalue weighted by atomic mass is 9.87. The van der Waals surface area contributed by atoms with E-state index in [1.54, 1.807) is 54.6 Å². The highest BCUT2D eigenvalue weighted by Gasteiger charge is 2.36. The second kappa shape index (κ2) is 11.8. The van der Waals surface area contributed by atoms with Crippen LogP contribution in [-0.4, -0.2) is 36.8 Å². The molecule has 1 aliphatic heterocycles. The second-order valence-electron chi connectivity index (χ2n) is 10.3. The van der Waals surface area contributed by atoms with E-state index in [9.17, 15) is 19.2 Å². The Hall–Kier alpha value is -4.66. The summed E-state index contributed by atoms with van der Waals surface area (Å²) in [4.78, 5) is 50.5. The van der Waals surface area contributed by atoms with Crippen LogP contribution in [0.3, 0.4) is 0 Å². The van der Waals surface area contributed by atoms with Crippen LogP contribution in [0.5, 0.6) is 11.5 Å². The van der Waals surface area contributed by atoms with E-state index in [4.69, 9.17) is 9.47 Å². The average molecular weight is 530 g/mol. The highest BCUT2D eigenvalue weighted by Crippen LogP contribution is 2.30. The Bertz CT molecular complexity index is 1330. The lowest BCUT2D eigenvalue weighted by molar-refractivity contribution is -0.152. The van der Waals surface area contributed by atoms with Crippen molar-refractivity contribution in [3.05, 3.63) is 90.0 Å². The number of anilines is 1. The minimum absolute atomic E-state index is 0.0242. The Labute approximate surface area is 227 Å². The molecule has 39 heavy (non-hydrogen) atoms. The van der Waals surface area contributed by atoms with Gasteiger partial charge in [0.25, 0.3) is 11.8 Å². The predicted octanol–water partition coefficient (Wildman–Crippen LogP) is 4.13. The number of hydrazine groups is 1. The molecule has 3 aromatic rings. The number of hydrogen-bond donors (Lipinski definition) is 2. The molecule has 0 spiro atoms. The fraction of sp³-hybridized carbons (Fsp3) is 0.267. The molecule has 202 valence electrons. The summed E-state index contributed by atoms with van der Waals surface area (Å²) in [6.07, 6.45) is -0.0242. The van der Waals surface area contributed by atoms with E-state index >= 15 is 0 Å². The SMILES string of the molecule is CC(C)(C)c1ccc(Oc2ccc(N3C[C@@H](C(=O)OCC(=O)NNC(=O)c4ccccc4)CC3=O)cc2)cc1. The molecule has 1 aliphatic rings. The third-order valence-corrected chi connectivity index (χ3v) is 6.26. The van der Waals surface area contributed by atoms with E-state index in [1.807, 2.05) is 24.3 Å². The van der Waals surface area contributed by atoms with Gasteiger partial charge < -0.3 is 14.4 Å². The van der Waals surface area contributed by atoms with Crippen molar-refractivity contribution < 1.29 is 28.7 Å². The molecule has 0 aliphatic carbocycles. The van der Waals surface area contributed by atoms with Gasteiger partial charge in [-0.05, 0) is 59.5 Å². The smallest absolute Gasteiger partial charge is 0.311 e. The number of nitrogens with one attached hydrogen (secondary N) is 2. The molecule has 1 atom stereocenters. The Morgan fingerprint density at radius 2 is 1.49 bits per heavy atom. The van der Waals surface area contributed by atoms with E-state index in [0.29, 0.717) is 22.7 Å². The van der Waals surface area contributed by atoms with Crippen LogP contribution in [-0.2, 0) is 24.5 Å². The first kappa shape index (κ1) is 27.4. The van der Waals surface area contributed by atoms with Gasteiger partial charge in [-0.2, -0.15) is 0 Å². The fourth-order valence-corrected chi connectivity index (χ4v) is 4.05. The molecule has 3 amide bonds. The second-order valence-corrected chi connectivity index (χ2v) is 10.3. The minimum atomic E-state index is -0.707. The average Bonchev–Trinajstić information content (AvgIpc) is 3.32. The summed E-state index contributed by atoms with van der Waals surface area (Å²) in [5.74, 6) is -1.45. The molecule has 4 rings (SSSR count). The molecule has 2 N–H and O–H groups in total. The Morgan fingerprint density at radius 3 is 2.10 bits per heavy atom. The predicted molar refractivity (Wildman–Crippen MR) is 145 cm³/mol. The van der Waals surface area contributed by atoms with Crippen molar-refractivity contribution in [3.8, 4) is 11.5 Å². The summed E-state index contributed by atoms with van der Waals surface area (Å²) in [6.45, 7) is 6.01. The number of rotatable bonds is 7. The number of carbonyl (C=O) groups is 4. The standard InChI is InChI=1S/C30H31N3O6/c1-30(2,3)22-9-13-24(14-10-22)39-25-15-11-23(12-16-25)33-18-21(17-27(33)35)29(37)38-19-26(34)31-32-28(36)20-7-5-4-6-8-20/h4-16,21H,17-19H2,1-3H3,(H,31,34)(H,32,36)/t21-/m0/s1. The summed E-state index contributed by atoms with van der Waals surface area (Å²) >= 11 is 0. The summed E-state index contributed by atoms with van der Waals surface area (Å²) < 4.78 is 11.0. The molecular formula is C30H31N3O6. The molecule has 0 saturated carbocycles. The van der Waals surface area contributed by atoms with E-state index in [-0.39, 0.29) is 24.3 Å². The van der Waals surface area contributed by atoms with Crippen molar-refractivity contribution in [1.82, 2.24) is 10.9 Å². The van der Waals surface area contributed by atoms with Gasteiger partial charge in [0, 0.05) is 24.2 Å². The number of esters is 1. The van der Waals surface area contributed by atoms with Crippen molar-refractivity contribution in [2.24, 2.45) is 5.92 Å². The zero-order chi connectivity index (χ0) is 28.0. The van der Waals surface area contributed by atoms with Crippen LogP contribution in [0.4, 0.5) is 5.69 Å². The van der Waals surface area contributed by atoms with Gasteiger partial charge in [0.1, 0.15) is 11.5 Å². The lowest BCUT2D eigenvalue weighted by Crippen LogP contribution is -2.43. The van der Waals surface area contributed by atoms with Crippen LogP contribution in [0.1, 0.15) is 43.1 Å². The first-order chi connectivity index (χ1) is 18.6. The summed E-state index contributed by atoms with van der Waals surface area (Å²) in [7, 11) is 0. The normalized spacial score (nSPS) is 15.0. The molecule has 0 radical (unpaired) electrons. The van der Waals surface area contributed by atoms with Crippen LogP contribution in [0.25, 0.3) is 0 Å². The molecule has 0 aromatic heterocycles. The number of hydrogen-bond acceptors (Lipinski definition) is 6. The van der Waals surface area contributed by atoms with Crippen LogP contribution in [0.15, 0.2) is 78.9 Å². The maximum Gasteiger partial charge on any atom is 0.311 e. The van der Waals surface area contributed by atoms with Crippen molar-refractivity contribution in [1.29, 1.82) is 0 Å². The number of ether oxygens (including phenoxy) is 2. The quantitative estimate of drug-likeness (QED) is 0.351. The van der Waals surface area contributed by atoms with Crippen molar-refractivity contribution in [2.45, 2.75) is 32.6 Å². The van der Waals surface area contributed by atoms with Gasteiger partial charge in [0.2, 0.25) is 5.91 Å². The summed E-state index contributed by atoms with van der Waals surface area (Å²) in [6, 6.07) is 23.3. The lowest BCUT2D eigenvalue weighted by Gasteiger charge is -2.19. The number of benzene rings is 3. The fourth-order valence-electron chi connectivity index (χ4n) is 4.05. The Morgan fingerprint density at radius 1 is 0.872 bits per heavy atom. The van der Waals surface area contributed by atoms with E-state index in [0.717, 1.165) is 0 Å². The van der Waals surface area contributed by atoms with Gasteiger partial charge >= 0.3 is 5.97 Å². The monoisotopic (exact) mass is 529 g/mol. The van der Waals surface area contributed by atoms with Gasteiger partial charge in [-0.3, -0.25) is 30.0 Å². The van der Waals surface area contributed by atoms with Crippen molar-refractivity contribution >= 4 is 29.4 Å². The third-order valence-electron chi connectivity index (χ3n) is 6.26. The van der Waals surface area contributed by atoms with Crippen LogP contribution < -0.4 is 20.5 Å². The van der Waals surface area contributed by atoms with Crippen molar-refractivity contribution in [3.63, 3.8) is 0 Å². The molecule has 1 heterocycles. The summed E-state index contributed by atoms with van der Waals surface area (Å²) in [5.41, 5.74) is 6.72. The molecule has 0 unspecified atom stereocenters. The zero-order valence-electron chi connectivity index (χ0n) is 22.1. The van der Waals surface area contributed by atoms with Gasteiger partial charge in [-0.1, -0.05) is 51.1 Å². The summed E-state index contributed by atoms with van der Waals surface area (Å²) in [5, 5.41) is 0. The van der Waals surface area contributed by atoms with Gasteiger partial charge in [-0.25, -0.2) is 0 Å². The molecule has 3 aromatic carbocycles. The molecule has 9 heteroatoms. The van der Waals surface area contributed by atoms with Crippen LogP contribution in [0, 0.1) is 5.92 Å². The first-order valence-corrected chi connectivity index (χ1v) is 12.6. The van der Waals surface area contributed by atoms with Gasteiger partial charge in [0.05, 0.1) is 5.92 Å². The molecule has 9 nitrogen and oxygen atoms in total. The maximum atomic E-state index is 12.6. The molecule has 1 fully saturated rings. The van der Waals surface area contributed by atoms with Gasteiger partial charge in [-0.15, -0.1) is 0 Å². The molecule has 0 bridgehead atoms.